The van der Waals surface area contributed by atoms with Gasteiger partial charge in [0.15, 0.2) is 5.78 Å². The Hall–Kier alpha value is -2.17. The lowest BCUT2D eigenvalue weighted by Gasteiger charge is -2.35. The first kappa shape index (κ1) is 16.7. The molecule has 0 aromatic heterocycles. The Balaban J connectivity index is 2.19. The van der Waals surface area contributed by atoms with E-state index in [1.54, 1.807) is 7.11 Å². The van der Waals surface area contributed by atoms with Crippen LogP contribution < -0.4 is 0 Å². The number of nitrogens with zero attached hydrogens (tertiary/aromatic N) is 2. The molecule has 0 fully saturated rings. The number of ether oxygens (including phenoxy) is 1. The minimum absolute atomic E-state index is 0.115. The van der Waals surface area contributed by atoms with Crippen molar-refractivity contribution in [3.8, 4) is 0 Å². The van der Waals surface area contributed by atoms with Crippen molar-refractivity contribution in [1.82, 2.24) is 9.80 Å². The quantitative estimate of drug-likeness (QED) is 0.852. The van der Waals surface area contributed by atoms with E-state index in [0.717, 1.165) is 17.7 Å². The fraction of sp³-hybridized carbons (Fsp3) is 0.350. The molecule has 1 aromatic rings. The maximum absolute atomic E-state index is 12.2. The molecule has 3 rings (SSSR count). The van der Waals surface area contributed by atoms with Crippen LogP contribution in [0.1, 0.15) is 12.0 Å². The van der Waals surface area contributed by atoms with Crippen LogP contribution in [-0.4, -0.2) is 56.5 Å². The Kier molecular flexibility index (Phi) is 4.69. The van der Waals surface area contributed by atoms with Gasteiger partial charge in [-0.05, 0) is 36.9 Å². The molecule has 1 unspecified atom stereocenters. The minimum Gasteiger partial charge on any atom is -0.370 e. The lowest BCUT2D eigenvalue weighted by atomic mass is 9.81. The highest BCUT2D eigenvalue weighted by Gasteiger charge is 2.32. The number of hydrogen-bond donors (Lipinski definition) is 0. The van der Waals surface area contributed by atoms with Gasteiger partial charge in [0.05, 0.1) is 0 Å². The van der Waals surface area contributed by atoms with Gasteiger partial charge in [-0.3, -0.25) is 4.79 Å². The van der Waals surface area contributed by atoms with Crippen molar-refractivity contribution in [2.75, 3.05) is 34.8 Å². The molecule has 126 valence electrons. The van der Waals surface area contributed by atoms with Crippen molar-refractivity contribution >= 4 is 11.4 Å². The number of carbonyl (C=O) groups excluding carboxylic acids is 1. The maximum atomic E-state index is 12.2. The molecule has 4 heteroatoms. The van der Waals surface area contributed by atoms with Gasteiger partial charge >= 0.3 is 0 Å². The number of benzene rings is 1. The highest BCUT2D eigenvalue weighted by molar-refractivity contribution is 5.97. The molecule has 0 spiro atoms. The average molecular weight is 324 g/mol. The van der Waals surface area contributed by atoms with E-state index >= 15 is 0 Å². The molecule has 1 aromatic carbocycles. The molecular weight excluding hydrogens is 300 g/mol. The molecule has 0 bridgehead atoms. The first-order chi connectivity index (χ1) is 11.5. The van der Waals surface area contributed by atoms with Gasteiger partial charge < -0.3 is 14.5 Å². The highest BCUT2D eigenvalue weighted by Crippen LogP contribution is 2.40. The van der Waals surface area contributed by atoms with E-state index in [2.05, 4.69) is 61.4 Å². The van der Waals surface area contributed by atoms with Crippen LogP contribution in [0.2, 0.25) is 0 Å². The summed E-state index contributed by atoms with van der Waals surface area (Å²) in [5.41, 5.74) is 5.78. The zero-order chi connectivity index (χ0) is 17.3. The molecule has 1 heterocycles. The topological polar surface area (TPSA) is 32.8 Å². The smallest absolute Gasteiger partial charge is 0.169 e. The summed E-state index contributed by atoms with van der Waals surface area (Å²) in [7, 11) is 7.78. The van der Waals surface area contributed by atoms with Gasteiger partial charge in [0.1, 0.15) is 6.10 Å². The van der Waals surface area contributed by atoms with Crippen molar-refractivity contribution in [3.63, 3.8) is 0 Å². The number of methoxy groups -OCH3 is 1. The van der Waals surface area contributed by atoms with E-state index in [9.17, 15) is 4.79 Å². The van der Waals surface area contributed by atoms with Crippen molar-refractivity contribution < 1.29 is 9.53 Å². The van der Waals surface area contributed by atoms with Gasteiger partial charge in [-0.15, -0.1) is 0 Å². The predicted molar refractivity (Wildman–Crippen MR) is 96.3 cm³/mol. The first-order valence-corrected chi connectivity index (χ1v) is 8.16. The summed E-state index contributed by atoms with van der Waals surface area (Å²) < 4.78 is 5.38. The molecule has 1 aliphatic carbocycles. The van der Waals surface area contributed by atoms with Crippen molar-refractivity contribution in [1.29, 1.82) is 0 Å². The lowest BCUT2D eigenvalue weighted by molar-refractivity contribution is -0.125. The summed E-state index contributed by atoms with van der Waals surface area (Å²) in [6.07, 6.45) is 4.02. The van der Waals surface area contributed by atoms with Crippen LogP contribution in [0, 0.1) is 0 Å². The maximum Gasteiger partial charge on any atom is 0.169 e. The Morgan fingerprint density at radius 3 is 2.58 bits per heavy atom. The molecule has 0 radical (unpaired) electrons. The molecule has 1 aliphatic heterocycles. The third kappa shape index (κ3) is 3.07. The lowest BCUT2D eigenvalue weighted by Crippen LogP contribution is -2.32. The van der Waals surface area contributed by atoms with Crippen LogP contribution in [0.3, 0.4) is 0 Å². The summed E-state index contributed by atoms with van der Waals surface area (Å²) >= 11 is 0. The van der Waals surface area contributed by atoms with Crippen LogP contribution in [0.5, 0.6) is 0 Å². The van der Waals surface area contributed by atoms with Gasteiger partial charge in [0, 0.05) is 44.6 Å². The van der Waals surface area contributed by atoms with Gasteiger partial charge in [-0.1, -0.05) is 30.3 Å². The second kappa shape index (κ2) is 6.75. The van der Waals surface area contributed by atoms with Crippen LogP contribution >= 0.6 is 0 Å². The molecule has 24 heavy (non-hydrogen) atoms. The summed E-state index contributed by atoms with van der Waals surface area (Å²) in [5, 5.41) is 0. The predicted octanol–water partition coefficient (Wildman–Crippen LogP) is 2.70. The zero-order valence-electron chi connectivity index (χ0n) is 14.7. The third-order valence-electron chi connectivity index (χ3n) is 4.46. The Morgan fingerprint density at radius 1 is 1.25 bits per heavy atom. The number of ketones is 1. The van der Waals surface area contributed by atoms with E-state index < -0.39 is 6.10 Å². The number of carbonyl (C=O) groups is 1. The van der Waals surface area contributed by atoms with E-state index in [1.165, 1.54) is 16.8 Å². The third-order valence-corrected chi connectivity index (χ3v) is 4.46. The fourth-order valence-electron chi connectivity index (χ4n) is 3.35. The molecule has 4 nitrogen and oxygen atoms in total. The summed E-state index contributed by atoms with van der Waals surface area (Å²) in [4.78, 5) is 16.5. The van der Waals surface area contributed by atoms with Crippen LogP contribution in [0.15, 0.2) is 59.5 Å². The SMILES string of the molecule is COC1C=C2C(=CN(C)C(CN(C)C)=C2c2ccccc2)CC1=O. The molecule has 0 saturated carbocycles. The molecule has 1 atom stereocenters. The first-order valence-electron chi connectivity index (χ1n) is 8.16. The van der Waals surface area contributed by atoms with E-state index in [4.69, 9.17) is 4.74 Å². The summed E-state index contributed by atoms with van der Waals surface area (Å²) in [6, 6.07) is 10.4. The number of hydrogen-bond acceptors (Lipinski definition) is 4. The minimum atomic E-state index is -0.458. The Bertz CT molecular complexity index is 729. The van der Waals surface area contributed by atoms with Gasteiger partial charge in [0.25, 0.3) is 0 Å². The van der Waals surface area contributed by atoms with E-state index in [-0.39, 0.29) is 5.78 Å². The molecule has 0 amide bonds. The van der Waals surface area contributed by atoms with E-state index in [0.29, 0.717) is 6.42 Å². The molecular formula is C20H24N2O2. The monoisotopic (exact) mass is 324 g/mol. The standard InChI is InChI=1S/C20H24N2O2/c1-21(2)13-17-20(14-8-6-5-7-9-14)16-11-19(24-4)18(23)10-15(16)12-22(17)3/h5-9,11-12,19H,10,13H2,1-4H3. The number of Topliss-reactive ketones (excluding diaryl/α,β-unsaturated/α-hetero) is 1. The summed E-state index contributed by atoms with van der Waals surface area (Å²) in [6.45, 7) is 0.827. The van der Waals surface area contributed by atoms with Gasteiger partial charge in [-0.2, -0.15) is 0 Å². The Labute approximate surface area is 143 Å². The van der Waals surface area contributed by atoms with Gasteiger partial charge in [0.2, 0.25) is 0 Å². The number of fused-ring (bicyclic) bond motifs is 1. The van der Waals surface area contributed by atoms with Crippen LogP contribution in [0.4, 0.5) is 0 Å². The number of allylic oxidation sites excluding steroid dienone is 3. The second-order valence-electron chi connectivity index (χ2n) is 6.57. The fourth-order valence-corrected chi connectivity index (χ4v) is 3.35. The molecule has 0 N–H and O–H groups in total. The average Bonchev–Trinajstić information content (AvgIpc) is 2.56. The van der Waals surface area contributed by atoms with Crippen molar-refractivity contribution in [2.24, 2.45) is 0 Å². The molecule has 0 saturated heterocycles. The highest BCUT2D eigenvalue weighted by atomic mass is 16.5. The van der Waals surface area contributed by atoms with Crippen LogP contribution in [-0.2, 0) is 9.53 Å². The second-order valence-corrected chi connectivity index (χ2v) is 6.57. The van der Waals surface area contributed by atoms with Crippen molar-refractivity contribution in [2.45, 2.75) is 12.5 Å². The van der Waals surface area contributed by atoms with Crippen molar-refractivity contribution in [3.05, 3.63) is 65.0 Å². The summed E-state index contributed by atoms with van der Waals surface area (Å²) in [5.74, 6) is 0.115. The van der Waals surface area contributed by atoms with Crippen LogP contribution in [0.25, 0.3) is 5.57 Å². The number of likely N-dealkylation sites (N-methyl/N-ethyl adjacent to an activating group) is 2. The Morgan fingerprint density at radius 2 is 1.96 bits per heavy atom. The normalized spacial score (nSPS) is 21.0. The molecule has 2 aliphatic rings. The zero-order valence-corrected chi connectivity index (χ0v) is 14.7. The van der Waals surface area contributed by atoms with Gasteiger partial charge in [-0.25, -0.2) is 0 Å². The number of rotatable bonds is 4. The largest absolute Gasteiger partial charge is 0.370 e. The van der Waals surface area contributed by atoms with E-state index in [1.807, 2.05) is 12.1 Å².